The third kappa shape index (κ3) is 7.06. The molecule has 1 amide bonds. The molecule has 1 aliphatic heterocycles. The number of aromatic hydroxyl groups is 1. The number of carboxylic acids is 1. The van der Waals surface area contributed by atoms with Crippen LogP contribution in [-0.4, -0.2) is 56.5 Å². The van der Waals surface area contributed by atoms with Crippen LogP contribution in [0.1, 0.15) is 18.4 Å². The van der Waals surface area contributed by atoms with E-state index in [1.165, 1.54) is 11.1 Å². The molecule has 12 heteroatoms. The van der Waals surface area contributed by atoms with Crippen molar-refractivity contribution < 1.29 is 33.0 Å². The number of aromatic amines is 1. The summed E-state index contributed by atoms with van der Waals surface area (Å²) in [5.74, 6) is -2.48. The fourth-order valence-corrected chi connectivity index (χ4v) is 4.12. The molecule has 1 aliphatic rings. The second kappa shape index (κ2) is 11.2. The number of hydrogen-bond donors (Lipinski definition) is 4. The Morgan fingerprint density at radius 1 is 1.18 bits per heavy atom. The number of alkyl halides is 3. The molecule has 3 heterocycles. The summed E-state index contributed by atoms with van der Waals surface area (Å²) in [7, 11) is 0. The molecule has 0 bridgehead atoms. The number of piperidine rings is 1. The number of rotatable bonds is 5. The number of hydrogen-bond acceptors (Lipinski definition) is 6. The number of aliphatic carboxylic acids is 1. The molecule has 2 aromatic heterocycles. The number of likely N-dealkylation sites (tertiary alicyclic amines) is 1. The maximum atomic E-state index is 12.5. The van der Waals surface area contributed by atoms with Crippen LogP contribution < -0.4 is 5.32 Å². The molecular weight excluding hydrogens is 473 g/mol. The van der Waals surface area contributed by atoms with Crippen LogP contribution in [0.25, 0.3) is 11.3 Å². The number of amides is 1. The number of aromatic nitrogens is 2. The molecule has 182 valence electrons. The summed E-state index contributed by atoms with van der Waals surface area (Å²) in [6.45, 7) is 2.62. The van der Waals surface area contributed by atoms with Crippen molar-refractivity contribution in [2.45, 2.75) is 25.6 Å². The number of thiophene rings is 1. The van der Waals surface area contributed by atoms with Gasteiger partial charge in [-0.15, -0.1) is 0 Å². The van der Waals surface area contributed by atoms with E-state index in [4.69, 9.17) is 9.90 Å². The number of carbonyl (C=O) groups excluding carboxylic acids is 1. The predicted molar refractivity (Wildman–Crippen MR) is 120 cm³/mol. The van der Waals surface area contributed by atoms with Crippen molar-refractivity contribution in [2.24, 2.45) is 5.92 Å². The minimum Gasteiger partial charge on any atom is -0.508 e. The third-order valence-electron chi connectivity index (χ3n) is 5.26. The minimum atomic E-state index is -5.08. The normalized spacial score (nSPS) is 14.8. The number of carbonyl (C=O) groups is 2. The van der Waals surface area contributed by atoms with E-state index in [9.17, 15) is 23.1 Å². The van der Waals surface area contributed by atoms with Crippen LogP contribution in [0, 0.1) is 5.92 Å². The lowest BCUT2D eigenvalue weighted by atomic mass is 9.95. The Morgan fingerprint density at radius 2 is 1.82 bits per heavy atom. The smallest absolute Gasteiger partial charge is 0.490 e. The Kier molecular flexibility index (Phi) is 8.29. The van der Waals surface area contributed by atoms with Gasteiger partial charge < -0.3 is 15.5 Å². The standard InChI is InChI=1S/C20H22N4O2S.C2HF3O2/c25-18-3-1-17(2-4-18)22-20(26)14-5-8-24(9-6-14)12-16-11-21-23-19(16)15-7-10-27-13-15;3-2(4,5)1(6)7/h1-4,7,10-11,13-14,25H,5-6,8-9,12H2,(H,21,23)(H,22,26);(H,6,7). The summed E-state index contributed by atoms with van der Waals surface area (Å²) in [6.07, 6.45) is -1.50. The van der Waals surface area contributed by atoms with Gasteiger partial charge in [-0.1, -0.05) is 0 Å². The predicted octanol–water partition coefficient (Wildman–Crippen LogP) is 4.33. The van der Waals surface area contributed by atoms with Crippen LogP contribution in [0.5, 0.6) is 5.75 Å². The molecule has 0 spiro atoms. The molecule has 0 aliphatic carbocycles. The quantitative estimate of drug-likeness (QED) is 0.391. The molecule has 1 fully saturated rings. The van der Waals surface area contributed by atoms with Gasteiger partial charge in [0, 0.05) is 34.7 Å². The SMILES string of the molecule is O=C(Nc1ccc(O)cc1)C1CCN(Cc2cn[nH]c2-c2ccsc2)CC1.O=C(O)C(F)(F)F. The second-order valence-electron chi connectivity index (χ2n) is 7.67. The van der Waals surface area contributed by atoms with Crippen LogP contribution in [0.4, 0.5) is 18.9 Å². The number of benzene rings is 1. The molecule has 0 radical (unpaired) electrons. The highest BCUT2D eigenvalue weighted by Gasteiger charge is 2.38. The number of halogens is 3. The van der Waals surface area contributed by atoms with Crippen LogP contribution in [-0.2, 0) is 16.1 Å². The van der Waals surface area contributed by atoms with Gasteiger partial charge in [-0.25, -0.2) is 4.79 Å². The van der Waals surface area contributed by atoms with Gasteiger partial charge in [0.15, 0.2) is 0 Å². The summed E-state index contributed by atoms with van der Waals surface area (Å²) in [5, 5.41) is 30.9. The summed E-state index contributed by atoms with van der Waals surface area (Å²) < 4.78 is 31.7. The Balaban J connectivity index is 0.000000406. The van der Waals surface area contributed by atoms with Gasteiger partial charge in [-0.2, -0.15) is 29.6 Å². The zero-order chi connectivity index (χ0) is 24.7. The Bertz CT molecular complexity index is 1080. The van der Waals surface area contributed by atoms with E-state index in [1.807, 2.05) is 6.20 Å². The third-order valence-corrected chi connectivity index (χ3v) is 5.94. The monoisotopic (exact) mass is 496 g/mol. The van der Waals surface area contributed by atoms with E-state index >= 15 is 0 Å². The first-order chi connectivity index (χ1) is 16.1. The van der Waals surface area contributed by atoms with E-state index in [1.54, 1.807) is 35.6 Å². The number of nitrogens with one attached hydrogen (secondary N) is 2. The minimum absolute atomic E-state index is 0.0238. The first-order valence-corrected chi connectivity index (χ1v) is 11.2. The Labute approximate surface area is 197 Å². The summed E-state index contributed by atoms with van der Waals surface area (Å²) in [6, 6.07) is 8.68. The van der Waals surface area contributed by atoms with Gasteiger partial charge in [0.2, 0.25) is 5.91 Å². The molecule has 4 rings (SSSR count). The van der Waals surface area contributed by atoms with E-state index in [0.717, 1.165) is 43.9 Å². The average molecular weight is 497 g/mol. The zero-order valence-corrected chi connectivity index (χ0v) is 18.7. The van der Waals surface area contributed by atoms with Crippen LogP contribution in [0.2, 0.25) is 0 Å². The second-order valence-corrected chi connectivity index (χ2v) is 8.45. The van der Waals surface area contributed by atoms with Gasteiger partial charge in [-0.3, -0.25) is 14.8 Å². The van der Waals surface area contributed by atoms with E-state index in [-0.39, 0.29) is 17.6 Å². The van der Waals surface area contributed by atoms with Gasteiger partial charge in [0.05, 0.1) is 11.9 Å². The molecular formula is C22H23F3N4O4S. The lowest BCUT2D eigenvalue weighted by Gasteiger charge is -2.31. The van der Waals surface area contributed by atoms with Crippen molar-refractivity contribution in [3.05, 3.63) is 52.9 Å². The van der Waals surface area contributed by atoms with E-state index < -0.39 is 12.1 Å². The largest absolute Gasteiger partial charge is 0.508 e. The molecule has 4 N–H and O–H groups in total. The fourth-order valence-electron chi connectivity index (χ4n) is 3.47. The molecule has 34 heavy (non-hydrogen) atoms. The molecule has 0 atom stereocenters. The lowest BCUT2D eigenvalue weighted by molar-refractivity contribution is -0.192. The van der Waals surface area contributed by atoms with Gasteiger partial charge in [0.25, 0.3) is 0 Å². The Morgan fingerprint density at radius 3 is 2.38 bits per heavy atom. The highest BCUT2D eigenvalue weighted by molar-refractivity contribution is 7.08. The van der Waals surface area contributed by atoms with Crippen molar-refractivity contribution in [1.29, 1.82) is 0 Å². The van der Waals surface area contributed by atoms with Crippen molar-refractivity contribution in [1.82, 2.24) is 15.1 Å². The molecule has 1 aromatic carbocycles. The number of H-pyrrole nitrogens is 1. The summed E-state index contributed by atoms with van der Waals surface area (Å²) in [5.41, 5.74) is 4.18. The van der Waals surface area contributed by atoms with Crippen LogP contribution in [0.15, 0.2) is 47.3 Å². The highest BCUT2D eigenvalue weighted by Crippen LogP contribution is 2.27. The molecule has 1 saturated heterocycles. The van der Waals surface area contributed by atoms with Crippen molar-refractivity contribution in [2.75, 3.05) is 18.4 Å². The summed E-state index contributed by atoms with van der Waals surface area (Å²) >= 11 is 1.68. The fraction of sp³-hybridized carbons (Fsp3) is 0.318. The molecule has 0 unspecified atom stereocenters. The van der Waals surface area contributed by atoms with Crippen molar-refractivity contribution >= 4 is 28.9 Å². The van der Waals surface area contributed by atoms with Crippen LogP contribution >= 0.6 is 11.3 Å². The van der Waals surface area contributed by atoms with Crippen molar-refractivity contribution in [3.63, 3.8) is 0 Å². The maximum Gasteiger partial charge on any atom is 0.490 e. The van der Waals surface area contributed by atoms with Gasteiger partial charge >= 0.3 is 12.1 Å². The topological polar surface area (TPSA) is 119 Å². The highest BCUT2D eigenvalue weighted by atomic mass is 32.1. The van der Waals surface area contributed by atoms with Gasteiger partial charge in [-0.05, 0) is 61.6 Å². The molecule has 0 saturated carbocycles. The van der Waals surface area contributed by atoms with E-state index in [0.29, 0.717) is 0 Å². The molecule has 3 aromatic rings. The maximum absolute atomic E-state index is 12.5. The number of phenolic OH excluding ortho intramolecular Hbond substituents is 1. The van der Waals surface area contributed by atoms with E-state index in [2.05, 4.69) is 37.2 Å². The first kappa shape index (κ1) is 25.2. The van der Waals surface area contributed by atoms with Crippen LogP contribution in [0.3, 0.4) is 0 Å². The number of nitrogens with zero attached hydrogens (tertiary/aromatic N) is 2. The van der Waals surface area contributed by atoms with Gasteiger partial charge in [0.1, 0.15) is 5.75 Å². The van der Waals surface area contributed by atoms with Crippen molar-refractivity contribution in [3.8, 4) is 17.0 Å². The number of phenols is 1. The number of anilines is 1. The lowest BCUT2D eigenvalue weighted by Crippen LogP contribution is -2.37. The average Bonchev–Trinajstić information content (AvgIpc) is 3.47. The zero-order valence-electron chi connectivity index (χ0n) is 17.9. The number of carboxylic acid groups (broad SMARTS) is 1. The Hall–Kier alpha value is -3.38. The molecule has 8 nitrogen and oxygen atoms in total. The summed E-state index contributed by atoms with van der Waals surface area (Å²) in [4.78, 5) is 23.8. The first-order valence-electron chi connectivity index (χ1n) is 10.3.